The topological polar surface area (TPSA) is 53.7 Å². The molecule has 1 fully saturated rings. The van der Waals surface area contributed by atoms with Gasteiger partial charge in [-0.3, -0.25) is 0 Å². The molecule has 2 heterocycles. The van der Waals surface area contributed by atoms with Crippen LogP contribution in [0, 0.1) is 0 Å². The van der Waals surface area contributed by atoms with Crippen LogP contribution in [0.3, 0.4) is 0 Å². The van der Waals surface area contributed by atoms with E-state index in [1.54, 1.807) is 12.3 Å². The number of para-hydroxylation sites is 3. The van der Waals surface area contributed by atoms with Gasteiger partial charge in [0.25, 0.3) is 0 Å². The maximum absolute atomic E-state index is 10.5. The number of aromatic hydroxyl groups is 1. The van der Waals surface area contributed by atoms with Gasteiger partial charge >= 0.3 is 0 Å². The van der Waals surface area contributed by atoms with Crippen molar-refractivity contribution in [3.63, 3.8) is 0 Å². The highest BCUT2D eigenvalue weighted by atomic mass is 16.3. The van der Waals surface area contributed by atoms with Crippen LogP contribution in [0.25, 0.3) is 11.0 Å². The first-order valence-electron chi connectivity index (χ1n) is 10.4. The molecule has 0 unspecified atom stereocenters. The molecular weight excluding hydrogens is 360 g/mol. The maximum atomic E-state index is 10.5. The number of phenols is 1. The van der Waals surface area contributed by atoms with Crippen LogP contribution in [0.1, 0.15) is 30.4 Å². The van der Waals surface area contributed by atoms with Gasteiger partial charge in [-0.05, 0) is 56.1 Å². The average Bonchev–Trinajstić information content (AvgIpc) is 3.11. The van der Waals surface area contributed by atoms with E-state index >= 15 is 0 Å². The van der Waals surface area contributed by atoms with Crippen LogP contribution in [0.5, 0.6) is 5.75 Å². The first-order valence-corrected chi connectivity index (χ1v) is 10.4. The molecule has 0 aliphatic carbocycles. The van der Waals surface area contributed by atoms with E-state index in [4.69, 9.17) is 4.98 Å². The number of allylic oxidation sites excluding steroid dienone is 1. The summed E-state index contributed by atoms with van der Waals surface area (Å²) in [5.41, 5.74) is 3.59. The monoisotopic (exact) mass is 388 g/mol. The molecule has 5 heteroatoms. The third-order valence-electron chi connectivity index (χ3n) is 5.56. The zero-order valence-electron chi connectivity index (χ0n) is 16.8. The van der Waals surface area contributed by atoms with E-state index in [1.165, 1.54) is 32.4 Å². The lowest BCUT2D eigenvalue weighted by atomic mass is 10.1. The number of imidazole rings is 1. The van der Waals surface area contributed by atoms with Gasteiger partial charge in [-0.25, -0.2) is 9.98 Å². The lowest BCUT2D eigenvalue weighted by Gasteiger charge is -2.26. The van der Waals surface area contributed by atoms with Crippen LogP contribution in [-0.4, -0.2) is 45.4 Å². The van der Waals surface area contributed by atoms with E-state index in [2.05, 4.69) is 27.1 Å². The number of nitrogens with zero attached hydrogens (tertiary/aromatic N) is 4. The van der Waals surface area contributed by atoms with Crippen molar-refractivity contribution in [2.24, 2.45) is 4.99 Å². The molecule has 1 aliphatic rings. The zero-order valence-corrected chi connectivity index (χ0v) is 16.8. The van der Waals surface area contributed by atoms with Crippen LogP contribution in [-0.2, 0) is 13.0 Å². The number of likely N-dealkylation sites (tertiary alicyclic amines) is 1. The molecule has 1 aliphatic heterocycles. The van der Waals surface area contributed by atoms with Gasteiger partial charge in [0, 0.05) is 24.9 Å². The summed E-state index contributed by atoms with van der Waals surface area (Å²) in [7, 11) is 0. The van der Waals surface area contributed by atoms with E-state index < -0.39 is 0 Å². The number of fused-ring (bicyclic) bond motifs is 1. The Labute approximate surface area is 172 Å². The summed E-state index contributed by atoms with van der Waals surface area (Å²) in [5.74, 6) is 0.934. The molecule has 0 bridgehead atoms. The minimum atomic E-state index is 0.257. The molecule has 150 valence electrons. The third kappa shape index (κ3) is 4.40. The third-order valence-corrected chi connectivity index (χ3v) is 5.56. The standard InChI is InChI=1S/C24H28N4O/c1-2-9-19-10-8-11-20(23(19)29)18-25-24-26-21-12-4-5-13-22(21)28(24)17-16-27-14-6-3-7-15-27/h2,4-5,8,10-13,18,29H,1,3,6-7,9,14-17H2. The fourth-order valence-electron chi connectivity index (χ4n) is 3.97. The number of hydrogen-bond acceptors (Lipinski definition) is 4. The summed E-state index contributed by atoms with van der Waals surface area (Å²) in [6, 6.07) is 13.9. The molecule has 3 aromatic rings. The number of hydrogen-bond donors (Lipinski definition) is 1. The summed E-state index contributed by atoms with van der Waals surface area (Å²) in [6.45, 7) is 7.96. The Hall–Kier alpha value is -2.92. The summed E-state index contributed by atoms with van der Waals surface area (Å²) in [4.78, 5) is 11.9. The molecule has 0 saturated carbocycles. The first kappa shape index (κ1) is 19.4. The van der Waals surface area contributed by atoms with Gasteiger partial charge in [0.1, 0.15) is 5.75 Å². The van der Waals surface area contributed by atoms with Gasteiger partial charge in [0.05, 0.1) is 11.0 Å². The van der Waals surface area contributed by atoms with Gasteiger partial charge in [0.2, 0.25) is 5.95 Å². The van der Waals surface area contributed by atoms with E-state index in [9.17, 15) is 5.11 Å². The number of piperidine rings is 1. The minimum Gasteiger partial charge on any atom is -0.507 e. The van der Waals surface area contributed by atoms with E-state index in [-0.39, 0.29) is 5.75 Å². The van der Waals surface area contributed by atoms with Crippen molar-refractivity contribution >= 4 is 23.2 Å². The van der Waals surface area contributed by atoms with Crippen molar-refractivity contribution in [2.75, 3.05) is 19.6 Å². The largest absolute Gasteiger partial charge is 0.507 e. The predicted octanol–water partition coefficient (Wildman–Crippen LogP) is 4.71. The SMILES string of the molecule is C=CCc1cccc(C=Nc2nc3ccccc3n2CCN2CCCCC2)c1O. The van der Waals surface area contributed by atoms with Crippen LogP contribution < -0.4 is 0 Å². The van der Waals surface area contributed by atoms with Crippen molar-refractivity contribution in [3.05, 3.63) is 66.2 Å². The van der Waals surface area contributed by atoms with E-state index in [1.807, 2.05) is 36.4 Å². The van der Waals surface area contributed by atoms with E-state index in [0.29, 0.717) is 17.9 Å². The normalized spacial score (nSPS) is 15.3. The molecule has 1 N–H and O–H groups in total. The molecule has 1 saturated heterocycles. The second-order valence-electron chi connectivity index (χ2n) is 7.56. The highest BCUT2D eigenvalue weighted by Crippen LogP contribution is 2.25. The second kappa shape index (κ2) is 9.05. The quantitative estimate of drug-likeness (QED) is 0.471. The molecule has 0 spiro atoms. The fraction of sp³-hybridized carbons (Fsp3) is 0.333. The Morgan fingerprint density at radius 1 is 1.03 bits per heavy atom. The van der Waals surface area contributed by atoms with Crippen molar-refractivity contribution in [2.45, 2.75) is 32.2 Å². The van der Waals surface area contributed by atoms with Crippen molar-refractivity contribution in [1.82, 2.24) is 14.5 Å². The molecule has 2 aromatic carbocycles. The molecule has 5 nitrogen and oxygen atoms in total. The summed E-state index contributed by atoms with van der Waals surface area (Å²) in [6.07, 6.45) is 8.04. The lowest BCUT2D eigenvalue weighted by molar-refractivity contribution is 0.222. The zero-order chi connectivity index (χ0) is 20.1. The molecule has 4 rings (SSSR count). The first-order chi connectivity index (χ1) is 14.3. The number of aromatic nitrogens is 2. The second-order valence-corrected chi connectivity index (χ2v) is 7.56. The van der Waals surface area contributed by atoms with Gasteiger partial charge < -0.3 is 14.6 Å². The van der Waals surface area contributed by atoms with Gasteiger partial charge in [0.15, 0.2) is 0 Å². The Balaban J connectivity index is 1.62. The predicted molar refractivity (Wildman–Crippen MR) is 119 cm³/mol. The Morgan fingerprint density at radius 2 is 1.86 bits per heavy atom. The minimum absolute atomic E-state index is 0.257. The van der Waals surface area contributed by atoms with Crippen LogP contribution in [0.2, 0.25) is 0 Å². The van der Waals surface area contributed by atoms with E-state index in [0.717, 1.165) is 29.7 Å². The van der Waals surface area contributed by atoms with Crippen LogP contribution in [0.4, 0.5) is 5.95 Å². The lowest BCUT2D eigenvalue weighted by Crippen LogP contribution is -2.32. The average molecular weight is 389 g/mol. The number of phenolic OH excluding ortho intramolecular Hbond substituents is 1. The molecule has 0 atom stereocenters. The molecule has 0 radical (unpaired) electrons. The maximum Gasteiger partial charge on any atom is 0.230 e. The smallest absolute Gasteiger partial charge is 0.230 e. The van der Waals surface area contributed by atoms with Crippen molar-refractivity contribution < 1.29 is 5.11 Å². The molecular formula is C24H28N4O. The Morgan fingerprint density at radius 3 is 2.69 bits per heavy atom. The Bertz CT molecular complexity index is 1010. The summed E-state index contributed by atoms with van der Waals surface area (Å²) >= 11 is 0. The highest BCUT2D eigenvalue weighted by molar-refractivity contribution is 5.86. The van der Waals surface area contributed by atoms with Crippen LogP contribution in [0.15, 0.2) is 60.1 Å². The number of aliphatic imine (C=N–C) groups is 1. The summed E-state index contributed by atoms with van der Waals surface area (Å²) in [5, 5.41) is 10.5. The summed E-state index contributed by atoms with van der Waals surface area (Å²) < 4.78 is 2.19. The van der Waals surface area contributed by atoms with Gasteiger partial charge in [-0.2, -0.15) is 0 Å². The highest BCUT2D eigenvalue weighted by Gasteiger charge is 2.14. The number of rotatable bonds is 7. The Kier molecular flexibility index (Phi) is 6.06. The number of benzene rings is 2. The van der Waals surface area contributed by atoms with Gasteiger partial charge in [-0.15, -0.1) is 6.58 Å². The fourth-order valence-corrected chi connectivity index (χ4v) is 3.97. The van der Waals surface area contributed by atoms with Crippen molar-refractivity contribution in [3.8, 4) is 5.75 Å². The van der Waals surface area contributed by atoms with Gasteiger partial charge in [-0.1, -0.05) is 36.8 Å². The molecule has 29 heavy (non-hydrogen) atoms. The van der Waals surface area contributed by atoms with Crippen LogP contribution >= 0.6 is 0 Å². The van der Waals surface area contributed by atoms with Crippen molar-refractivity contribution in [1.29, 1.82) is 0 Å². The molecule has 0 amide bonds. The molecule has 1 aromatic heterocycles.